The quantitative estimate of drug-likeness (QED) is 0.0499. The van der Waals surface area contributed by atoms with Crippen molar-refractivity contribution >= 4 is 47.8 Å². The number of amides is 2. The van der Waals surface area contributed by atoms with Crippen LogP contribution in [0.2, 0.25) is 0 Å². The van der Waals surface area contributed by atoms with Crippen molar-refractivity contribution in [2.24, 2.45) is 11.8 Å². The Labute approximate surface area is 351 Å². The van der Waals surface area contributed by atoms with Crippen LogP contribution in [-0.2, 0) is 19.2 Å². The summed E-state index contributed by atoms with van der Waals surface area (Å²) in [5.74, 6) is -0.0516. The summed E-state index contributed by atoms with van der Waals surface area (Å²) in [4.78, 5) is 50.7. The van der Waals surface area contributed by atoms with E-state index in [0.717, 1.165) is 58.3 Å². The maximum atomic E-state index is 12.6. The van der Waals surface area contributed by atoms with E-state index < -0.39 is 11.9 Å². The van der Waals surface area contributed by atoms with Gasteiger partial charge < -0.3 is 20.0 Å². The molecular weight excluding hydrogens is 737 g/mol. The highest BCUT2D eigenvalue weighted by atomic mass is 35.5. The third kappa shape index (κ3) is 43.4. The molecule has 0 rings (SSSR count). The number of carbonyl (C=O) groups is 4. The lowest BCUT2D eigenvalue weighted by atomic mass is 9.95. The van der Waals surface area contributed by atoms with Crippen LogP contribution in [0.4, 0.5) is 0 Å². The number of halogens is 2. The summed E-state index contributed by atoms with van der Waals surface area (Å²) in [6, 6.07) is 0. The molecule has 11 heteroatoms. The molecule has 0 aliphatic rings. The zero-order valence-corrected chi connectivity index (χ0v) is 37.9. The van der Waals surface area contributed by atoms with Gasteiger partial charge in [-0.25, -0.2) is 0 Å². The first-order valence-electron chi connectivity index (χ1n) is 21.6. The maximum Gasteiger partial charge on any atom is 0.317 e. The normalized spacial score (nSPS) is 11.5. The fourth-order valence-corrected chi connectivity index (χ4v) is 6.35. The second-order valence-electron chi connectivity index (χ2n) is 14.9. The molecule has 0 aromatic heterocycles. The number of likely N-dealkylation sites (N-methyl/N-ethyl adjacent to an activating group) is 1. The average Bonchev–Trinajstić information content (AvgIpc) is 3.12. The third-order valence-corrected chi connectivity index (χ3v) is 9.93. The van der Waals surface area contributed by atoms with Crippen molar-refractivity contribution in [3.63, 3.8) is 0 Å². The van der Waals surface area contributed by atoms with Crippen molar-refractivity contribution in [3.8, 4) is 0 Å². The van der Waals surface area contributed by atoms with E-state index in [4.69, 9.17) is 21.8 Å². The molecule has 9 nitrogen and oxygen atoms in total. The zero-order chi connectivity index (χ0) is 40.7. The molecule has 0 saturated heterocycles. The Kier molecular flexibility index (Phi) is 53.3. The lowest BCUT2D eigenvalue weighted by Gasteiger charge is -2.30. The van der Waals surface area contributed by atoms with Crippen LogP contribution in [0, 0.1) is 11.8 Å². The number of alkyl halides is 1. The van der Waals surface area contributed by atoms with Crippen LogP contribution in [0.3, 0.4) is 0 Å². The Morgan fingerprint density at radius 1 is 0.527 bits per heavy atom. The van der Waals surface area contributed by atoms with Gasteiger partial charge in [0.2, 0.25) is 11.8 Å². The van der Waals surface area contributed by atoms with Gasteiger partial charge in [-0.2, -0.15) is 0 Å². The Bertz CT molecular complexity index is 833. The first-order valence-corrected chi connectivity index (χ1v) is 22.2. The minimum absolute atomic E-state index is 0. The van der Waals surface area contributed by atoms with Gasteiger partial charge in [0.15, 0.2) is 0 Å². The van der Waals surface area contributed by atoms with Crippen LogP contribution in [0.5, 0.6) is 0 Å². The fraction of sp³-hybridized carbons (Fsp3) is 0.909. The van der Waals surface area contributed by atoms with E-state index in [0.29, 0.717) is 18.3 Å². The highest BCUT2D eigenvalue weighted by molar-refractivity contribution is 6.27. The number of hydrogen-bond donors (Lipinski definition) is 2. The van der Waals surface area contributed by atoms with Crippen LogP contribution in [0.25, 0.3) is 0 Å². The van der Waals surface area contributed by atoms with E-state index in [1.807, 2.05) is 16.7 Å². The number of aliphatic carboxylic acids is 2. The SMILES string of the molecule is C.CCCC(=O)O.CCCCC(CC)CN(CC(CC)CCCC)C(=O)CCl.CCCCCCCCN(CCCCCCCC)C(=O)CN(C)CC(=O)O.Cl. The Morgan fingerprint density at radius 2 is 0.927 bits per heavy atom. The van der Waals surface area contributed by atoms with Gasteiger partial charge in [-0.15, -0.1) is 24.0 Å². The molecule has 0 aromatic rings. The van der Waals surface area contributed by atoms with Crippen LogP contribution in [-0.4, -0.2) is 101 Å². The van der Waals surface area contributed by atoms with Crippen molar-refractivity contribution in [1.82, 2.24) is 14.7 Å². The summed E-state index contributed by atoms with van der Waals surface area (Å²) in [5.41, 5.74) is 0. The van der Waals surface area contributed by atoms with Gasteiger partial charge in [0.25, 0.3) is 0 Å². The molecular formula is C44H91Cl2N3O6. The Morgan fingerprint density at radius 3 is 1.24 bits per heavy atom. The smallest absolute Gasteiger partial charge is 0.317 e. The Balaban J connectivity index is -0.000000259. The maximum absolute atomic E-state index is 12.6. The molecule has 0 radical (unpaired) electrons. The molecule has 0 bridgehead atoms. The highest BCUT2D eigenvalue weighted by Gasteiger charge is 2.21. The second kappa shape index (κ2) is 46.8. The molecule has 0 fully saturated rings. The summed E-state index contributed by atoms with van der Waals surface area (Å²) in [6.45, 7) is 18.7. The number of carboxylic acid groups (broad SMARTS) is 2. The third-order valence-electron chi connectivity index (χ3n) is 9.70. The molecule has 0 aromatic carbocycles. The number of hydrogen-bond acceptors (Lipinski definition) is 5. The molecule has 0 aliphatic carbocycles. The first-order chi connectivity index (χ1) is 25.4. The number of carbonyl (C=O) groups excluding carboxylic acids is 2. The lowest BCUT2D eigenvalue weighted by molar-refractivity contribution is -0.139. The molecule has 2 unspecified atom stereocenters. The van der Waals surface area contributed by atoms with Crippen molar-refractivity contribution in [2.45, 2.75) is 197 Å². The van der Waals surface area contributed by atoms with Gasteiger partial charge >= 0.3 is 11.9 Å². The number of unbranched alkanes of at least 4 members (excludes halogenated alkanes) is 12. The fourth-order valence-electron chi connectivity index (χ4n) is 6.18. The number of carboxylic acids is 2. The minimum atomic E-state index is -0.890. The molecule has 0 spiro atoms. The van der Waals surface area contributed by atoms with E-state index in [9.17, 15) is 19.2 Å². The second-order valence-corrected chi connectivity index (χ2v) is 15.2. The first kappa shape index (κ1) is 62.6. The Hall–Kier alpha value is -1.58. The van der Waals surface area contributed by atoms with E-state index in [2.05, 4.69) is 41.5 Å². The number of rotatable bonds is 33. The average molecular weight is 829 g/mol. The van der Waals surface area contributed by atoms with Crippen molar-refractivity contribution in [2.75, 3.05) is 52.2 Å². The predicted molar refractivity (Wildman–Crippen MR) is 239 cm³/mol. The van der Waals surface area contributed by atoms with E-state index in [-0.39, 0.29) is 50.6 Å². The molecule has 2 amide bonds. The largest absolute Gasteiger partial charge is 0.481 e. The summed E-state index contributed by atoms with van der Waals surface area (Å²) in [6.07, 6.45) is 25.3. The van der Waals surface area contributed by atoms with Gasteiger partial charge in [-0.1, -0.05) is 159 Å². The van der Waals surface area contributed by atoms with Gasteiger partial charge in [0.05, 0.1) is 13.1 Å². The van der Waals surface area contributed by atoms with Crippen LogP contribution < -0.4 is 0 Å². The van der Waals surface area contributed by atoms with Gasteiger partial charge in [0.1, 0.15) is 5.88 Å². The van der Waals surface area contributed by atoms with Crippen molar-refractivity contribution in [3.05, 3.63) is 0 Å². The molecule has 55 heavy (non-hydrogen) atoms. The van der Waals surface area contributed by atoms with Crippen molar-refractivity contribution < 1.29 is 29.4 Å². The highest BCUT2D eigenvalue weighted by Crippen LogP contribution is 2.19. The van der Waals surface area contributed by atoms with Gasteiger partial charge in [-0.05, 0) is 51.0 Å². The van der Waals surface area contributed by atoms with Crippen molar-refractivity contribution in [1.29, 1.82) is 0 Å². The summed E-state index contributed by atoms with van der Waals surface area (Å²) >= 11 is 5.82. The molecule has 0 heterocycles. The summed E-state index contributed by atoms with van der Waals surface area (Å²) in [5, 5.41) is 16.8. The lowest BCUT2D eigenvalue weighted by Crippen LogP contribution is -2.41. The van der Waals surface area contributed by atoms with E-state index >= 15 is 0 Å². The molecule has 2 atom stereocenters. The van der Waals surface area contributed by atoms with Gasteiger partial charge in [0, 0.05) is 32.6 Å². The van der Waals surface area contributed by atoms with E-state index in [1.165, 1.54) is 103 Å². The molecule has 0 aliphatic heterocycles. The van der Waals surface area contributed by atoms with E-state index in [1.54, 1.807) is 11.9 Å². The predicted octanol–water partition coefficient (Wildman–Crippen LogP) is 12.0. The summed E-state index contributed by atoms with van der Waals surface area (Å²) < 4.78 is 0. The minimum Gasteiger partial charge on any atom is -0.481 e. The van der Waals surface area contributed by atoms with Crippen LogP contribution in [0.15, 0.2) is 0 Å². The summed E-state index contributed by atoms with van der Waals surface area (Å²) in [7, 11) is 1.69. The molecule has 0 saturated carbocycles. The van der Waals surface area contributed by atoms with Gasteiger partial charge in [-0.3, -0.25) is 24.1 Å². The standard InChI is InChI=1S/C21H42N2O3.C18H36ClNO.C4H8O2.CH4.ClH/c1-4-6-8-10-12-14-16-23(17-15-13-11-9-7-5-2)20(24)18-22(3)19-21(25)26;1-5-9-11-16(7-3)14-20(18(21)13-19)15-17(8-4)12-10-6-2;1-2-3-4(5)6;;/h4-19H2,1-3H3,(H,25,26);16-17H,5-15H2,1-4H3;2-3H2,1H3,(H,5,6);1H4;1H. The number of nitrogens with zero attached hydrogens (tertiary/aromatic N) is 3. The van der Waals surface area contributed by atoms with Crippen LogP contribution in [0.1, 0.15) is 197 Å². The molecule has 332 valence electrons. The monoisotopic (exact) mass is 828 g/mol. The zero-order valence-electron chi connectivity index (χ0n) is 36.3. The molecule has 2 N–H and O–H groups in total. The topological polar surface area (TPSA) is 118 Å². The van der Waals surface area contributed by atoms with Crippen LogP contribution >= 0.6 is 24.0 Å².